The number of thiophene rings is 1. The van der Waals surface area contributed by atoms with Crippen molar-refractivity contribution >= 4 is 27.3 Å². The molecule has 0 saturated carbocycles. The molecule has 2 aromatic rings. The van der Waals surface area contributed by atoms with Crippen LogP contribution < -0.4 is 5.56 Å². The van der Waals surface area contributed by atoms with Gasteiger partial charge in [-0.1, -0.05) is 12.2 Å². The van der Waals surface area contributed by atoms with Gasteiger partial charge in [0.25, 0.3) is 5.56 Å². The average Bonchev–Trinajstić information content (AvgIpc) is 3.09. The third-order valence-corrected chi connectivity index (χ3v) is 5.46. The number of aryl methyl sites for hydroxylation is 2. The van der Waals surface area contributed by atoms with Crippen LogP contribution in [0.15, 0.2) is 16.9 Å². The van der Waals surface area contributed by atoms with E-state index >= 15 is 0 Å². The van der Waals surface area contributed by atoms with E-state index in [0.29, 0.717) is 16.6 Å². The fourth-order valence-corrected chi connectivity index (χ4v) is 3.97. The lowest BCUT2D eigenvalue weighted by molar-refractivity contribution is -0.120. The molecule has 1 aliphatic carbocycles. The molecule has 0 aliphatic heterocycles. The number of rotatable bonds is 4. The van der Waals surface area contributed by atoms with Gasteiger partial charge in [0.2, 0.25) is 0 Å². The van der Waals surface area contributed by atoms with E-state index in [9.17, 15) is 14.9 Å². The summed E-state index contributed by atoms with van der Waals surface area (Å²) in [4.78, 5) is 33.4. The van der Waals surface area contributed by atoms with Crippen LogP contribution in [0.2, 0.25) is 0 Å². The third-order valence-electron chi connectivity index (χ3n) is 4.36. The van der Waals surface area contributed by atoms with Crippen molar-refractivity contribution < 1.29 is 4.79 Å². The molecule has 0 saturated heterocycles. The number of H-pyrrole nitrogens is 1. The van der Waals surface area contributed by atoms with Crippen LogP contribution in [0.1, 0.15) is 41.4 Å². The maximum atomic E-state index is 12.4. The van der Waals surface area contributed by atoms with Crippen LogP contribution in [0.25, 0.3) is 10.2 Å². The Bertz CT molecular complexity index is 901. The second kappa shape index (κ2) is 6.09. The number of Topliss-reactive ketones (excluding diaryl/α,β-unsaturated/α-hetero) is 1. The minimum absolute atomic E-state index is 0.165. The number of nitriles is 1. The van der Waals surface area contributed by atoms with E-state index in [0.717, 1.165) is 23.3 Å². The highest BCUT2D eigenvalue weighted by molar-refractivity contribution is 7.18. The van der Waals surface area contributed by atoms with Crippen LogP contribution in [0.5, 0.6) is 0 Å². The van der Waals surface area contributed by atoms with Gasteiger partial charge in [-0.2, -0.15) is 5.26 Å². The van der Waals surface area contributed by atoms with E-state index in [-0.39, 0.29) is 23.1 Å². The zero-order valence-corrected chi connectivity index (χ0v) is 13.9. The molecule has 3 rings (SSSR count). The lowest BCUT2D eigenvalue weighted by Gasteiger charge is -2.10. The molecule has 0 radical (unpaired) electrons. The Kier molecular flexibility index (Phi) is 4.14. The van der Waals surface area contributed by atoms with Gasteiger partial charge in [0.15, 0.2) is 11.7 Å². The quantitative estimate of drug-likeness (QED) is 0.874. The fourth-order valence-electron chi connectivity index (χ4n) is 2.94. The van der Waals surface area contributed by atoms with Crippen molar-refractivity contribution in [2.45, 2.75) is 39.0 Å². The molecular weight excluding hydrogens is 310 g/mol. The van der Waals surface area contributed by atoms with Gasteiger partial charge in [0.05, 0.1) is 11.5 Å². The summed E-state index contributed by atoms with van der Waals surface area (Å²) in [5, 5.41) is 9.95. The highest BCUT2D eigenvalue weighted by Crippen LogP contribution is 2.28. The first-order valence-corrected chi connectivity index (χ1v) is 8.41. The molecule has 2 atom stereocenters. The zero-order valence-electron chi connectivity index (χ0n) is 13.0. The lowest BCUT2D eigenvalue weighted by Crippen LogP contribution is -2.20. The number of aromatic nitrogens is 2. The molecule has 0 amide bonds. The van der Waals surface area contributed by atoms with Crippen molar-refractivity contribution in [3.8, 4) is 6.07 Å². The summed E-state index contributed by atoms with van der Waals surface area (Å²) in [7, 11) is 0. The van der Waals surface area contributed by atoms with Crippen molar-refractivity contribution in [1.29, 1.82) is 5.26 Å². The third kappa shape index (κ3) is 2.84. The molecule has 1 aliphatic rings. The Labute approximate surface area is 137 Å². The summed E-state index contributed by atoms with van der Waals surface area (Å²) in [6.45, 7) is 3.81. The molecule has 0 aromatic carbocycles. The van der Waals surface area contributed by atoms with Gasteiger partial charge < -0.3 is 4.98 Å². The number of nitrogens with one attached hydrogen (secondary N) is 1. The first-order chi connectivity index (χ1) is 11.0. The highest BCUT2D eigenvalue weighted by Gasteiger charge is 2.26. The van der Waals surface area contributed by atoms with Gasteiger partial charge in [-0.3, -0.25) is 9.59 Å². The Morgan fingerprint density at radius 2 is 2.35 bits per heavy atom. The summed E-state index contributed by atoms with van der Waals surface area (Å²) < 4.78 is 0. The van der Waals surface area contributed by atoms with E-state index in [1.807, 2.05) is 26.0 Å². The molecule has 0 fully saturated rings. The van der Waals surface area contributed by atoms with Crippen LogP contribution in [-0.2, 0) is 4.79 Å². The number of nitrogens with zero attached hydrogens (tertiary/aromatic N) is 2. The largest absolute Gasteiger partial charge is 0.308 e. The van der Waals surface area contributed by atoms with E-state index in [1.165, 1.54) is 11.3 Å². The summed E-state index contributed by atoms with van der Waals surface area (Å²) in [5.74, 6) is -0.835. The topological polar surface area (TPSA) is 86.6 Å². The number of allylic oxidation sites excluding steroid dienone is 2. The van der Waals surface area contributed by atoms with Crippen molar-refractivity contribution in [3.63, 3.8) is 0 Å². The number of hydrogen-bond donors (Lipinski definition) is 1. The maximum absolute atomic E-state index is 12.4. The van der Waals surface area contributed by atoms with Gasteiger partial charge in [-0.25, -0.2) is 4.98 Å². The second-order valence-corrected chi connectivity index (χ2v) is 7.12. The minimum atomic E-state index is -1.01. The average molecular weight is 327 g/mol. The van der Waals surface area contributed by atoms with Gasteiger partial charge in [-0.15, -0.1) is 11.3 Å². The predicted molar refractivity (Wildman–Crippen MR) is 89.6 cm³/mol. The van der Waals surface area contributed by atoms with E-state index in [1.54, 1.807) is 0 Å². The van der Waals surface area contributed by atoms with Crippen molar-refractivity contribution in [3.05, 3.63) is 38.8 Å². The summed E-state index contributed by atoms with van der Waals surface area (Å²) >= 11 is 1.42. The molecule has 1 N–H and O–H groups in total. The van der Waals surface area contributed by atoms with E-state index in [4.69, 9.17) is 0 Å². The summed E-state index contributed by atoms with van der Waals surface area (Å²) in [6.07, 6.45) is 6.32. The van der Waals surface area contributed by atoms with Gasteiger partial charge in [-0.05, 0) is 38.2 Å². The van der Waals surface area contributed by atoms with Crippen molar-refractivity contribution in [2.75, 3.05) is 0 Å². The summed E-state index contributed by atoms with van der Waals surface area (Å²) in [5.41, 5.74) is 0.627. The fraction of sp³-hybridized carbons (Fsp3) is 0.412. The second-order valence-electron chi connectivity index (χ2n) is 5.91. The Morgan fingerprint density at radius 3 is 3.00 bits per heavy atom. The van der Waals surface area contributed by atoms with Crippen LogP contribution in [-0.4, -0.2) is 15.8 Å². The Hall–Kier alpha value is -2.26. The normalized spacial score (nSPS) is 18.2. The van der Waals surface area contributed by atoms with Crippen LogP contribution in [0.3, 0.4) is 0 Å². The molecule has 5 nitrogen and oxygen atoms in total. The molecule has 2 heterocycles. The molecule has 6 heteroatoms. The standard InChI is InChI=1S/C17H17N3O2S/c1-9-10(2)23-17-14(9)16(22)19-15(20-17)12(8-18)13(21)7-11-5-3-4-6-11/h3,5,11-12H,4,6-7H2,1-2H3,(H,19,20,22)/t11-,12+/m1/s1. The first-order valence-electron chi connectivity index (χ1n) is 7.60. The van der Waals surface area contributed by atoms with Gasteiger partial charge in [0.1, 0.15) is 10.7 Å². The zero-order chi connectivity index (χ0) is 16.6. The Balaban J connectivity index is 1.96. The number of hydrogen-bond acceptors (Lipinski definition) is 5. The number of carbonyl (C=O) groups excluding carboxylic acids is 1. The number of aromatic amines is 1. The van der Waals surface area contributed by atoms with Gasteiger partial charge >= 0.3 is 0 Å². The lowest BCUT2D eigenvalue weighted by atomic mass is 9.94. The van der Waals surface area contributed by atoms with E-state index in [2.05, 4.69) is 16.0 Å². The number of carbonyl (C=O) groups is 1. The van der Waals surface area contributed by atoms with Crippen LogP contribution >= 0.6 is 11.3 Å². The molecule has 23 heavy (non-hydrogen) atoms. The predicted octanol–water partition coefficient (Wildman–Crippen LogP) is 3.13. The summed E-state index contributed by atoms with van der Waals surface area (Å²) in [6, 6.07) is 2.00. The number of fused-ring (bicyclic) bond motifs is 1. The van der Waals surface area contributed by atoms with Crippen LogP contribution in [0.4, 0.5) is 0 Å². The monoisotopic (exact) mass is 327 g/mol. The molecular formula is C17H17N3O2S. The SMILES string of the molecule is Cc1sc2nc([C@@H](C#N)C(=O)C[C@@H]3C=CCC3)[nH]c(=O)c2c1C. The van der Waals surface area contributed by atoms with Gasteiger partial charge in [0, 0.05) is 11.3 Å². The maximum Gasteiger partial charge on any atom is 0.259 e. The van der Waals surface area contributed by atoms with Crippen LogP contribution in [0, 0.1) is 31.1 Å². The van der Waals surface area contributed by atoms with Crippen molar-refractivity contribution in [1.82, 2.24) is 9.97 Å². The molecule has 0 spiro atoms. The van der Waals surface area contributed by atoms with E-state index < -0.39 is 5.92 Å². The first kappa shape index (κ1) is 15.6. The minimum Gasteiger partial charge on any atom is -0.308 e. The highest BCUT2D eigenvalue weighted by atomic mass is 32.1. The molecule has 0 bridgehead atoms. The number of ketones is 1. The smallest absolute Gasteiger partial charge is 0.259 e. The molecule has 118 valence electrons. The Morgan fingerprint density at radius 1 is 1.57 bits per heavy atom. The molecule has 0 unspecified atom stereocenters. The molecule has 2 aromatic heterocycles. The van der Waals surface area contributed by atoms with Crippen molar-refractivity contribution in [2.24, 2.45) is 5.92 Å².